The first-order valence-corrected chi connectivity index (χ1v) is 7.62. The number of rotatable bonds is 8. The van der Waals surface area contributed by atoms with Crippen molar-refractivity contribution in [1.82, 2.24) is 4.90 Å². The molecular formula is C16H24N2O2S. The Labute approximate surface area is 131 Å². The number of carbonyl (C=O) groups excluding carboxylic acids is 1. The van der Waals surface area contributed by atoms with Gasteiger partial charge in [0.1, 0.15) is 0 Å². The SMILES string of the molecule is CC(C)N(CCCO)C(=O)C(Cc1ccccc1)C(N)=S. The number of carbonyl (C=O) groups is 1. The van der Waals surface area contributed by atoms with Crippen LogP contribution in [-0.4, -0.2) is 40.1 Å². The molecule has 1 rings (SSSR count). The predicted molar refractivity (Wildman–Crippen MR) is 89.0 cm³/mol. The molecule has 116 valence electrons. The number of benzene rings is 1. The molecule has 1 atom stereocenters. The third-order valence-electron chi connectivity index (χ3n) is 3.39. The Morgan fingerprint density at radius 2 is 1.95 bits per heavy atom. The maximum absolute atomic E-state index is 12.7. The fourth-order valence-electron chi connectivity index (χ4n) is 2.22. The number of thiocarbonyl (C=S) groups is 1. The van der Waals surface area contributed by atoms with E-state index in [1.165, 1.54) is 0 Å². The summed E-state index contributed by atoms with van der Waals surface area (Å²) in [5.41, 5.74) is 6.82. The molecule has 0 spiro atoms. The van der Waals surface area contributed by atoms with Crippen molar-refractivity contribution in [2.75, 3.05) is 13.2 Å². The number of aliphatic hydroxyl groups is 1. The highest BCUT2D eigenvalue weighted by molar-refractivity contribution is 7.80. The number of nitrogens with two attached hydrogens (primary N) is 1. The molecule has 0 radical (unpaired) electrons. The minimum atomic E-state index is -0.497. The number of amides is 1. The highest BCUT2D eigenvalue weighted by Crippen LogP contribution is 2.15. The molecule has 0 aliphatic heterocycles. The Hall–Kier alpha value is -1.46. The van der Waals surface area contributed by atoms with Gasteiger partial charge in [0.25, 0.3) is 0 Å². The van der Waals surface area contributed by atoms with E-state index in [1.54, 1.807) is 4.90 Å². The van der Waals surface area contributed by atoms with Crippen molar-refractivity contribution in [3.8, 4) is 0 Å². The zero-order valence-electron chi connectivity index (χ0n) is 12.7. The van der Waals surface area contributed by atoms with Gasteiger partial charge in [-0.15, -0.1) is 0 Å². The summed E-state index contributed by atoms with van der Waals surface area (Å²) in [5.74, 6) is -0.557. The monoisotopic (exact) mass is 308 g/mol. The molecule has 0 saturated carbocycles. The predicted octanol–water partition coefficient (Wildman–Crippen LogP) is 1.75. The lowest BCUT2D eigenvalue weighted by atomic mass is 9.97. The van der Waals surface area contributed by atoms with E-state index in [0.717, 1.165) is 5.56 Å². The Morgan fingerprint density at radius 1 is 1.33 bits per heavy atom. The summed E-state index contributed by atoms with van der Waals surface area (Å²) in [6.45, 7) is 4.48. The van der Waals surface area contributed by atoms with Gasteiger partial charge in [-0.3, -0.25) is 4.79 Å². The lowest BCUT2D eigenvalue weighted by molar-refractivity contribution is -0.135. The average molecular weight is 308 g/mol. The third kappa shape index (κ3) is 5.44. The van der Waals surface area contributed by atoms with Crippen LogP contribution in [0.4, 0.5) is 0 Å². The number of hydrogen-bond acceptors (Lipinski definition) is 3. The third-order valence-corrected chi connectivity index (χ3v) is 3.67. The molecule has 0 saturated heterocycles. The summed E-state index contributed by atoms with van der Waals surface area (Å²) in [4.78, 5) is 14.7. The maximum Gasteiger partial charge on any atom is 0.233 e. The Morgan fingerprint density at radius 3 is 2.43 bits per heavy atom. The molecule has 0 heterocycles. The second-order valence-electron chi connectivity index (χ2n) is 5.35. The van der Waals surface area contributed by atoms with Crippen LogP contribution >= 0.6 is 12.2 Å². The first-order chi connectivity index (χ1) is 9.97. The van der Waals surface area contributed by atoms with Crippen molar-refractivity contribution in [3.05, 3.63) is 35.9 Å². The minimum absolute atomic E-state index is 0.0525. The summed E-state index contributed by atoms with van der Waals surface area (Å²) in [6, 6.07) is 9.78. The number of aliphatic hydroxyl groups excluding tert-OH is 1. The summed E-state index contributed by atoms with van der Waals surface area (Å²) in [7, 11) is 0. The minimum Gasteiger partial charge on any atom is -0.396 e. The van der Waals surface area contributed by atoms with Crippen molar-refractivity contribution >= 4 is 23.1 Å². The lowest BCUT2D eigenvalue weighted by Gasteiger charge is -2.30. The van der Waals surface area contributed by atoms with Gasteiger partial charge in [-0.1, -0.05) is 42.5 Å². The molecule has 0 fully saturated rings. The fourth-order valence-corrected chi connectivity index (χ4v) is 2.41. The number of hydrogen-bond donors (Lipinski definition) is 2. The van der Waals surface area contributed by atoms with Crippen molar-refractivity contribution in [1.29, 1.82) is 0 Å². The molecule has 4 nitrogen and oxygen atoms in total. The van der Waals surface area contributed by atoms with Crippen LogP contribution < -0.4 is 5.73 Å². The summed E-state index contributed by atoms with van der Waals surface area (Å²) < 4.78 is 0. The molecule has 0 aliphatic rings. The summed E-state index contributed by atoms with van der Waals surface area (Å²) in [5, 5.41) is 8.97. The van der Waals surface area contributed by atoms with Crippen LogP contribution in [-0.2, 0) is 11.2 Å². The van der Waals surface area contributed by atoms with E-state index in [2.05, 4.69) is 0 Å². The average Bonchev–Trinajstić information content (AvgIpc) is 2.45. The van der Waals surface area contributed by atoms with Crippen LogP contribution in [0.3, 0.4) is 0 Å². The van der Waals surface area contributed by atoms with Crippen LogP contribution in [0.5, 0.6) is 0 Å². The van der Waals surface area contributed by atoms with E-state index in [4.69, 9.17) is 23.1 Å². The van der Waals surface area contributed by atoms with E-state index < -0.39 is 5.92 Å². The molecule has 1 amide bonds. The molecule has 0 bridgehead atoms. The fraction of sp³-hybridized carbons (Fsp3) is 0.500. The highest BCUT2D eigenvalue weighted by atomic mass is 32.1. The van der Waals surface area contributed by atoms with E-state index in [0.29, 0.717) is 19.4 Å². The molecule has 1 aromatic carbocycles. The summed E-state index contributed by atoms with van der Waals surface area (Å²) in [6.07, 6.45) is 1.07. The zero-order chi connectivity index (χ0) is 15.8. The molecule has 3 N–H and O–H groups in total. The van der Waals surface area contributed by atoms with Crippen LogP contribution in [0.15, 0.2) is 30.3 Å². The van der Waals surface area contributed by atoms with Crippen LogP contribution in [0.1, 0.15) is 25.8 Å². The maximum atomic E-state index is 12.7. The standard InChI is InChI=1S/C16H24N2O2S/c1-12(2)18(9-6-10-19)16(20)14(15(17)21)11-13-7-4-3-5-8-13/h3-5,7-8,12,14,19H,6,9-11H2,1-2H3,(H2,17,21). The van der Waals surface area contributed by atoms with Gasteiger partial charge in [-0.05, 0) is 32.3 Å². The van der Waals surface area contributed by atoms with Gasteiger partial charge >= 0.3 is 0 Å². The second-order valence-corrected chi connectivity index (χ2v) is 5.82. The van der Waals surface area contributed by atoms with Gasteiger partial charge in [0, 0.05) is 19.2 Å². The first-order valence-electron chi connectivity index (χ1n) is 7.22. The molecule has 0 aromatic heterocycles. The Bertz CT molecular complexity index is 463. The van der Waals surface area contributed by atoms with Crippen LogP contribution in [0.2, 0.25) is 0 Å². The van der Waals surface area contributed by atoms with Gasteiger partial charge in [-0.25, -0.2) is 0 Å². The van der Waals surface area contributed by atoms with Crippen molar-refractivity contribution < 1.29 is 9.90 Å². The number of nitrogens with zero attached hydrogens (tertiary/aromatic N) is 1. The first kappa shape index (κ1) is 17.6. The van der Waals surface area contributed by atoms with Crippen molar-refractivity contribution in [2.24, 2.45) is 11.7 Å². The molecule has 1 unspecified atom stereocenters. The van der Waals surface area contributed by atoms with Gasteiger partial charge in [0.2, 0.25) is 5.91 Å². The Balaban J connectivity index is 2.87. The van der Waals surface area contributed by atoms with E-state index in [9.17, 15) is 4.79 Å². The smallest absolute Gasteiger partial charge is 0.233 e. The zero-order valence-corrected chi connectivity index (χ0v) is 13.5. The molecule has 1 aromatic rings. The molecule has 5 heteroatoms. The largest absolute Gasteiger partial charge is 0.396 e. The van der Waals surface area contributed by atoms with Gasteiger partial charge in [0.15, 0.2) is 0 Å². The molecule has 21 heavy (non-hydrogen) atoms. The van der Waals surface area contributed by atoms with Crippen molar-refractivity contribution in [2.45, 2.75) is 32.7 Å². The highest BCUT2D eigenvalue weighted by Gasteiger charge is 2.28. The normalized spacial score (nSPS) is 12.2. The summed E-state index contributed by atoms with van der Waals surface area (Å²) >= 11 is 5.09. The van der Waals surface area contributed by atoms with E-state index >= 15 is 0 Å². The van der Waals surface area contributed by atoms with Gasteiger partial charge in [0.05, 0.1) is 10.9 Å². The van der Waals surface area contributed by atoms with Crippen molar-refractivity contribution in [3.63, 3.8) is 0 Å². The topological polar surface area (TPSA) is 66.6 Å². The Kier molecular flexibility index (Phi) is 7.32. The van der Waals surface area contributed by atoms with Crippen LogP contribution in [0, 0.1) is 5.92 Å². The quantitative estimate of drug-likeness (QED) is 0.718. The van der Waals surface area contributed by atoms with E-state index in [-0.39, 0.29) is 23.5 Å². The molecule has 0 aliphatic carbocycles. The molecular weight excluding hydrogens is 284 g/mol. The van der Waals surface area contributed by atoms with Gasteiger partial charge in [-0.2, -0.15) is 0 Å². The lowest BCUT2D eigenvalue weighted by Crippen LogP contribution is -2.46. The second kappa shape index (κ2) is 8.74. The van der Waals surface area contributed by atoms with E-state index in [1.807, 2.05) is 44.2 Å². The van der Waals surface area contributed by atoms with Gasteiger partial charge < -0.3 is 15.7 Å². The van der Waals surface area contributed by atoms with Crippen LogP contribution in [0.25, 0.3) is 0 Å².